The van der Waals surface area contributed by atoms with E-state index in [0.717, 1.165) is 25.9 Å². The molecule has 0 bridgehead atoms. The van der Waals surface area contributed by atoms with Crippen molar-refractivity contribution in [1.29, 1.82) is 0 Å². The minimum absolute atomic E-state index is 0.123. The topological polar surface area (TPSA) is 45.2 Å². The summed E-state index contributed by atoms with van der Waals surface area (Å²) in [5.74, 6) is 0.123. The molecule has 0 aliphatic heterocycles. The summed E-state index contributed by atoms with van der Waals surface area (Å²) in [6.45, 7) is 9.01. The van der Waals surface area contributed by atoms with Crippen molar-refractivity contribution >= 4 is 5.91 Å². The number of carbonyl (C=O) groups excluding carboxylic acids is 1. The molecule has 140 valence electrons. The van der Waals surface area contributed by atoms with Crippen LogP contribution in [-0.2, 0) is 11.2 Å². The van der Waals surface area contributed by atoms with Crippen molar-refractivity contribution in [3.63, 3.8) is 0 Å². The number of aromatic nitrogens is 1. The first-order valence-electron chi connectivity index (χ1n) is 9.60. The first-order chi connectivity index (χ1) is 12.6. The molecule has 26 heavy (non-hydrogen) atoms. The number of hydrogen-bond acceptors (Lipinski definition) is 3. The number of amides is 1. The van der Waals surface area contributed by atoms with Gasteiger partial charge in [-0.15, -0.1) is 0 Å². The van der Waals surface area contributed by atoms with Gasteiger partial charge < -0.3 is 5.32 Å². The van der Waals surface area contributed by atoms with E-state index in [1.807, 2.05) is 12.3 Å². The van der Waals surface area contributed by atoms with Gasteiger partial charge in [0.25, 0.3) is 0 Å². The lowest BCUT2D eigenvalue weighted by Crippen LogP contribution is -2.38. The molecule has 0 saturated heterocycles. The Kier molecular flexibility index (Phi) is 8.29. The van der Waals surface area contributed by atoms with Crippen LogP contribution in [0.5, 0.6) is 0 Å². The smallest absolute Gasteiger partial charge is 0.220 e. The van der Waals surface area contributed by atoms with E-state index in [-0.39, 0.29) is 11.9 Å². The van der Waals surface area contributed by atoms with Crippen LogP contribution in [-0.4, -0.2) is 35.4 Å². The summed E-state index contributed by atoms with van der Waals surface area (Å²) in [5.41, 5.74) is 3.70. The van der Waals surface area contributed by atoms with Gasteiger partial charge in [-0.3, -0.25) is 14.7 Å². The first kappa shape index (κ1) is 20.1. The molecular formula is C22H31N3O. The lowest BCUT2D eigenvalue weighted by atomic mass is 10.0. The standard InChI is InChI=1S/C22H31N3O/c1-4-25(5-2)21(20-13-11-18(3)12-14-20)17-24-22(26)10-6-8-19-9-7-15-23-16-19/h7,9,11-16,21H,4-6,8,10,17H2,1-3H3,(H,24,26). The molecule has 4 heteroatoms. The van der Waals surface area contributed by atoms with Crippen molar-refractivity contribution in [2.24, 2.45) is 0 Å². The molecular weight excluding hydrogens is 322 g/mol. The fourth-order valence-corrected chi connectivity index (χ4v) is 3.21. The van der Waals surface area contributed by atoms with Crippen molar-refractivity contribution in [2.75, 3.05) is 19.6 Å². The third-order valence-electron chi connectivity index (χ3n) is 4.80. The van der Waals surface area contributed by atoms with E-state index in [1.54, 1.807) is 6.20 Å². The zero-order valence-electron chi connectivity index (χ0n) is 16.2. The molecule has 1 amide bonds. The molecule has 1 unspecified atom stereocenters. The molecule has 1 atom stereocenters. The molecule has 0 spiro atoms. The Balaban J connectivity index is 1.87. The molecule has 0 aliphatic carbocycles. The van der Waals surface area contributed by atoms with Crippen LogP contribution in [0.25, 0.3) is 0 Å². The summed E-state index contributed by atoms with van der Waals surface area (Å²) < 4.78 is 0. The molecule has 1 aromatic carbocycles. The van der Waals surface area contributed by atoms with E-state index in [1.165, 1.54) is 16.7 Å². The number of hydrogen-bond donors (Lipinski definition) is 1. The fourth-order valence-electron chi connectivity index (χ4n) is 3.21. The van der Waals surface area contributed by atoms with E-state index < -0.39 is 0 Å². The summed E-state index contributed by atoms with van der Waals surface area (Å²) in [6.07, 6.45) is 5.92. The second kappa shape index (κ2) is 10.7. The average molecular weight is 354 g/mol. The van der Waals surface area contributed by atoms with Crippen LogP contribution >= 0.6 is 0 Å². The molecule has 4 nitrogen and oxygen atoms in total. The van der Waals surface area contributed by atoms with Crippen LogP contribution in [0, 0.1) is 6.92 Å². The van der Waals surface area contributed by atoms with Crippen LogP contribution in [0.1, 0.15) is 49.4 Å². The maximum atomic E-state index is 12.3. The second-order valence-corrected chi connectivity index (χ2v) is 6.67. The van der Waals surface area contributed by atoms with Gasteiger partial charge in [0, 0.05) is 25.4 Å². The summed E-state index contributed by atoms with van der Waals surface area (Å²) in [5, 5.41) is 3.14. The number of carbonyl (C=O) groups is 1. The predicted molar refractivity (Wildman–Crippen MR) is 107 cm³/mol. The monoisotopic (exact) mass is 353 g/mol. The number of aryl methyl sites for hydroxylation is 2. The quantitative estimate of drug-likeness (QED) is 0.704. The number of nitrogens with one attached hydrogen (secondary N) is 1. The Morgan fingerprint density at radius 1 is 1.15 bits per heavy atom. The van der Waals surface area contributed by atoms with Crippen molar-refractivity contribution in [3.8, 4) is 0 Å². The fraction of sp³-hybridized carbons (Fsp3) is 0.455. The van der Waals surface area contributed by atoms with Gasteiger partial charge in [-0.25, -0.2) is 0 Å². The largest absolute Gasteiger partial charge is 0.354 e. The van der Waals surface area contributed by atoms with Gasteiger partial charge in [-0.2, -0.15) is 0 Å². The maximum absolute atomic E-state index is 12.3. The van der Waals surface area contributed by atoms with Crippen LogP contribution in [0.2, 0.25) is 0 Å². The minimum atomic E-state index is 0.123. The molecule has 0 aliphatic rings. The van der Waals surface area contributed by atoms with Crippen molar-refractivity contribution in [3.05, 3.63) is 65.5 Å². The van der Waals surface area contributed by atoms with Gasteiger partial charge in [0.2, 0.25) is 5.91 Å². The Hall–Kier alpha value is -2.20. The van der Waals surface area contributed by atoms with E-state index in [4.69, 9.17) is 0 Å². The highest BCUT2D eigenvalue weighted by molar-refractivity contribution is 5.75. The van der Waals surface area contributed by atoms with Gasteiger partial charge in [0.15, 0.2) is 0 Å². The Morgan fingerprint density at radius 2 is 1.88 bits per heavy atom. The van der Waals surface area contributed by atoms with Gasteiger partial charge in [-0.1, -0.05) is 49.7 Å². The van der Waals surface area contributed by atoms with Crippen LogP contribution in [0.15, 0.2) is 48.8 Å². The number of benzene rings is 1. The minimum Gasteiger partial charge on any atom is -0.354 e. The number of pyridine rings is 1. The number of rotatable bonds is 10. The Bertz CT molecular complexity index is 651. The summed E-state index contributed by atoms with van der Waals surface area (Å²) in [4.78, 5) is 18.8. The van der Waals surface area contributed by atoms with Crippen molar-refractivity contribution < 1.29 is 4.79 Å². The van der Waals surface area contributed by atoms with Gasteiger partial charge in [-0.05, 0) is 50.0 Å². The second-order valence-electron chi connectivity index (χ2n) is 6.67. The SMILES string of the molecule is CCN(CC)C(CNC(=O)CCCc1cccnc1)c1ccc(C)cc1. The van der Waals surface area contributed by atoms with Crippen LogP contribution in [0.4, 0.5) is 0 Å². The zero-order valence-corrected chi connectivity index (χ0v) is 16.2. The highest BCUT2D eigenvalue weighted by Crippen LogP contribution is 2.20. The lowest BCUT2D eigenvalue weighted by molar-refractivity contribution is -0.121. The van der Waals surface area contributed by atoms with E-state index in [9.17, 15) is 4.79 Å². The summed E-state index contributed by atoms with van der Waals surface area (Å²) in [7, 11) is 0. The Labute approximate surface area is 157 Å². The van der Waals surface area contributed by atoms with Gasteiger partial charge >= 0.3 is 0 Å². The van der Waals surface area contributed by atoms with Crippen LogP contribution in [0.3, 0.4) is 0 Å². The van der Waals surface area contributed by atoms with Gasteiger partial charge in [0.05, 0.1) is 6.04 Å². The Morgan fingerprint density at radius 3 is 2.50 bits per heavy atom. The van der Waals surface area contributed by atoms with Crippen molar-refractivity contribution in [1.82, 2.24) is 15.2 Å². The molecule has 0 radical (unpaired) electrons. The summed E-state index contributed by atoms with van der Waals surface area (Å²) >= 11 is 0. The van der Waals surface area contributed by atoms with E-state index >= 15 is 0 Å². The third kappa shape index (κ3) is 6.26. The molecule has 1 N–H and O–H groups in total. The lowest BCUT2D eigenvalue weighted by Gasteiger charge is -2.30. The average Bonchev–Trinajstić information content (AvgIpc) is 2.67. The first-order valence-corrected chi connectivity index (χ1v) is 9.60. The molecule has 0 fully saturated rings. The third-order valence-corrected chi connectivity index (χ3v) is 4.80. The number of nitrogens with zero attached hydrogens (tertiary/aromatic N) is 2. The normalized spacial score (nSPS) is 12.2. The predicted octanol–water partition coefficient (Wildman–Crippen LogP) is 3.91. The molecule has 1 aromatic heterocycles. The highest BCUT2D eigenvalue weighted by atomic mass is 16.1. The van der Waals surface area contributed by atoms with E-state index in [0.29, 0.717) is 13.0 Å². The van der Waals surface area contributed by atoms with Crippen molar-refractivity contribution in [2.45, 2.75) is 46.1 Å². The highest BCUT2D eigenvalue weighted by Gasteiger charge is 2.18. The number of likely N-dealkylation sites (N-methyl/N-ethyl adjacent to an activating group) is 1. The van der Waals surface area contributed by atoms with E-state index in [2.05, 4.69) is 66.3 Å². The summed E-state index contributed by atoms with van der Waals surface area (Å²) in [6, 6.07) is 12.8. The maximum Gasteiger partial charge on any atom is 0.220 e. The van der Waals surface area contributed by atoms with Gasteiger partial charge in [0.1, 0.15) is 0 Å². The zero-order chi connectivity index (χ0) is 18.8. The molecule has 2 aromatic rings. The molecule has 0 saturated carbocycles. The molecule has 1 heterocycles. The van der Waals surface area contributed by atoms with Crippen LogP contribution < -0.4 is 5.32 Å². The molecule has 2 rings (SSSR count).